The Bertz CT molecular complexity index is 3580. The number of anilines is 3. The van der Waals surface area contributed by atoms with Crippen molar-refractivity contribution in [2.24, 2.45) is 0 Å². The lowest BCUT2D eigenvalue weighted by Crippen LogP contribution is -2.09. The van der Waals surface area contributed by atoms with Gasteiger partial charge in [-0.25, -0.2) is 0 Å². The van der Waals surface area contributed by atoms with Gasteiger partial charge in [-0.1, -0.05) is 140 Å². The first kappa shape index (κ1) is 34.9. The SMILES string of the molecule is c1ccc(-n2c3ccccc3c3cc(-c4ccc(N(c5ccc(-c6cccc(-c7ccc8ccccc8c7)c6)cc5)c5ccc6oc7ccccc7c6c5)cc4)ccc32)cc1. The zero-order valence-electron chi connectivity index (χ0n) is 33.2. The number of rotatable bonds is 7. The third-order valence-electron chi connectivity index (χ3n) is 12.2. The van der Waals surface area contributed by atoms with E-state index < -0.39 is 0 Å². The molecule has 0 bridgehead atoms. The fourth-order valence-electron chi connectivity index (χ4n) is 9.16. The minimum Gasteiger partial charge on any atom is -0.456 e. The smallest absolute Gasteiger partial charge is 0.135 e. The van der Waals surface area contributed by atoms with Crippen LogP contribution in [0.15, 0.2) is 235 Å². The van der Waals surface area contributed by atoms with Gasteiger partial charge in [-0.2, -0.15) is 0 Å². The summed E-state index contributed by atoms with van der Waals surface area (Å²) >= 11 is 0. The molecule has 0 fully saturated rings. The maximum Gasteiger partial charge on any atom is 0.135 e. The van der Waals surface area contributed by atoms with E-state index >= 15 is 0 Å². The van der Waals surface area contributed by atoms with Gasteiger partial charge >= 0.3 is 0 Å². The van der Waals surface area contributed by atoms with Gasteiger partial charge in [-0.3, -0.25) is 0 Å². The predicted octanol–water partition coefficient (Wildman–Crippen LogP) is 16.3. The molecular formula is C58H38N2O. The van der Waals surface area contributed by atoms with Crippen LogP contribution >= 0.6 is 0 Å². The van der Waals surface area contributed by atoms with Crippen LogP contribution in [0.2, 0.25) is 0 Å². The normalized spacial score (nSPS) is 11.6. The van der Waals surface area contributed by atoms with Crippen LogP contribution in [0.3, 0.4) is 0 Å². The van der Waals surface area contributed by atoms with E-state index in [2.05, 4.69) is 228 Å². The van der Waals surface area contributed by atoms with Gasteiger partial charge in [-0.15, -0.1) is 0 Å². The standard InChI is InChI=1S/C58H38N2O/c1-2-15-47(16-3-1)60-55-19-8-6-17-51(55)53-37-46(27-33-56(53)60)41-25-30-49(31-26-41)59(50-32-34-58-54(38-50)52-18-7-9-20-57(52)61-58)48-28-23-40(24-29-48)43-13-10-14-44(35-43)45-22-21-39-11-4-5-12-42(39)36-45/h1-38H. The second-order valence-corrected chi connectivity index (χ2v) is 15.8. The number of fused-ring (bicyclic) bond motifs is 7. The van der Waals surface area contributed by atoms with Crippen molar-refractivity contribution in [3.05, 3.63) is 231 Å². The molecule has 0 aliphatic heterocycles. The molecule has 0 amide bonds. The molecule has 12 rings (SSSR count). The molecule has 0 atom stereocenters. The number of furan rings is 1. The summed E-state index contributed by atoms with van der Waals surface area (Å²) in [5.74, 6) is 0. The van der Waals surface area contributed by atoms with Crippen LogP contribution in [0.25, 0.3) is 93.6 Å². The van der Waals surface area contributed by atoms with E-state index in [0.29, 0.717) is 0 Å². The van der Waals surface area contributed by atoms with Crippen LogP contribution < -0.4 is 4.90 Å². The zero-order chi connectivity index (χ0) is 40.3. The lowest BCUT2D eigenvalue weighted by atomic mass is 9.97. The quantitative estimate of drug-likeness (QED) is 0.161. The van der Waals surface area contributed by atoms with Crippen molar-refractivity contribution >= 4 is 71.6 Å². The summed E-state index contributed by atoms with van der Waals surface area (Å²) in [4.78, 5) is 2.34. The van der Waals surface area contributed by atoms with Crippen molar-refractivity contribution in [1.82, 2.24) is 4.57 Å². The molecular weight excluding hydrogens is 741 g/mol. The van der Waals surface area contributed by atoms with E-state index in [-0.39, 0.29) is 0 Å². The highest BCUT2D eigenvalue weighted by Crippen LogP contribution is 2.41. The molecule has 10 aromatic carbocycles. The first-order valence-corrected chi connectivity index (χ1v) is 20.8. The maximum atomic E-state index is 6.25. The molecule has 0 spiro atoms. The molecule has 0 radical (unpaired) electrons. The van der Waals surface area contributed by atoms with Crippen LogP contribution in [-0.2, 0) is 0 Å². The van der Waals surface area contributed by atoms with Crippen molar-refractivity contribution in [3.8, 4) is 39.1 Å². The molecule has 2 heterocycles. The summed E-state index contributed by atoms with van der Waals surface area (Å²) in [7, 11) is 0. The molecule has 3 heteroatoms. The lowest BCUT2D eigenvalue weighted by Gasteiger charge is -2.26. The number of benzene rings is 10. The minimum absolute atomic E-state index is 0.880. The van der Waals surface area contributed by atoms with E-state index in [4.69, 9.17) is 4.42 Å². The Hall–Kier alpha value is -8.14. The van der Waals surface area contributed by atoms with Crippen LogP contribution in [0.4, 0.5) is 17.1 Å². The molecule has 0 saturated heterocycles. The van der Waals surface area contributed by atoms with Gasteiger partial charge < -0.3 is 13.9 Å². The molecule has 0 aliphatic rings. The van der Waals surface area contributed by atoms with Gasteiger partial charge in [0.25, 0.3) is 0 Å². The Balaban J connectivity index is 0.929. The van der Waals surface area contributed by atoms with E-state index in [9.17, 15) is 0 Å². The Morgan fingerprint density at radius 1 is 0.295 bits per heavy atom. The van der Waals surface area contributed by atoms with E-state index in [1.165, 1.54) is 66.0 Å². The minimum atomic E-state index is 0.880. The van der Waals surface area contributed by atoms with Gasteiger partial charge in [-0.05, 0) is 135 Å². The summed E-state index contributed by atoms with van der Waals surface area (Å²) < 4.78 is 8.62. The van der Waals surface area contributed by atoms with Crippen molar-refractivity contribution in [2.45, 2.75) is 0 Å². The molecule has 61 heavy (non-hydrogen) atoms. The molecule has 3 nitrogen and oxygen atoms in total. The average molecular weight is 779 g/mol. The number of hydrogen-bond donors (Lipinski definition) is 0. The molecule has 2 aromatic heterocycles. The first-order chi connectivity index (χ1) is 30.2. The molecule has 0 N–H and O–H groups in total. The van der Waals surface area contributed by atoms with E-state index in [1.54, 1.807) is 0 Å². The third-order valence-corrected chi connectivity index (χ3v) is 12.2. The summed E-state index contributed by atoms with van der Waals surface area (Å²) in [6.07, 6.45) is 0. The highest BCUT2D eigenvalue weighted by Gasteiger charge is 2.18. The van der Waals surface area contributed by atoms with E-state index in [1.807, 2.05) is 12.1 Å². The summed E-state index contributed by atoms with van der Waals surface area (Å²) in [5, 5.41) is 7.20. The molecule has 0 saturated carbocycles. The number of nitrogens with zero attached hydrogens (tertiary/aromatic N) is 2. The van der Waals surface area contributed by atoms with Crippen LogP contribution in [0, 0.1) is 0 Å². The number of para-hydroxylation sites is 3. The Morgan fingerprint density at radius 2 is 0.852 bits per heavy atom. The largest absolute Gasteiger partial charge is 0.456 e. The van der Waals surface area contributed by atoms with Gasteiger partial charge in [0.05, 0.1) is 11.0 Å². The predicted molar refractivity (Wildman–Crippen MR) is 257 cm³/mol. The Labute approximate surface area is 353 Å². The van der Waals surface area contributed by atoms with Crippen molar-refractivity contribution in [1.29, 1.82) is 0 Å². The van der Waals surface area contributed by atoms with Crippen molar-refractivity contribution in [3.63, 3.8) is 0 Å². The van der Waals surface area contributed by atoms with E-state index in [0.717, 1.165) is 44.7 Å². The molecule has 0 unspecified atom stereocenters. The number of aromatic nitrogens is 1. The summed E-state index contributed by atoms with van der Waals surface area (Å²) in [5.41, 5.74) is 15.7. The van der Waals surface area contributed by atoms with Crippen LogP contribution in [-0.4, -0.2) is 4.57 Å². The average Bonchev–Trinajstić information content (AvgIpc) is 3.87. The van der Waals surface area contributed by atoms with Crippen molar-refractivity contribution in [2.75, 3.05) is 4.90 Å². The van der Waals surface area contributed by atoms with Gasteiger partial charge in [0, 0.05) is 44.3 Å². The van der Waals surface area contributed by atoms with Crippen LogP contribution in [0.5, 0.6) is 0 Å². The fourth-order valence-corrected chi connectivity index (χ4v) is 9.16. The Kier molecular flexibility index (Phi) is 8.17. The molecule has 12 aromatic rings. The summed E-state index contributed by atoms with van der Waals surface area (Å²) in [6.45, 7) is 0. The second-order valence-electron chi connectivity index (χ2n) is 15.8. The maximum absolute atomic E-state index is 6.25. The topological polar surface area (TPSA) is 21.3 Å². The fraction of sp³-hybridized carbons (Fsp3) is 0. The van der Waals surface area contributed by atoms with Crippen molar-refractivity contribution < 1.29 is 4.42 Å². The third kappa shape index (κ3) is 6.06. The highest BCUT2D eigenvalue weighted by atomic mass is 16.3. The van der Waals surface area contributed by atoms with Crippen LogP contribution in [0.1, 0.15) is 0 Å². The first-order valence-electron chi connectivity index (χ1n) is 20.8. The zero-order valence-corrected chi connectivity index (χ0v) is 33.2. The number of hydrogen-bond acceptors (Lipinski definition) is 2. The van der Waals surface area contributed by atoms with Gasteiger partial charge in [0.2, 0.25) is 0 Å². The second kappa shape index (κ2) is 14.3. The molecule has 286 valence electrons. The Morgan fingerprint density at radius 3 is 1.64 bits per heavy atom. The summed E-state index contributed by atoms with van der Waals surface area (Å²) in [6, 6.07) is 83.0. The highest BCUT2D eigenvalue weighted by molar-refractivity contribution is 6.11. The van der Waals surface area contributed by atoms with Gasteiger partial charge in [0.15, 0.2) is 0 Å². The monoisotopic (exact) mass is 778 g/mol. The van der Waals surface area contributed by atoms with Gasteiger partial charge in [0.1, 0.15) is 11.2 Å². The molecule has 0 aliphatic carbocycles. The lowest BCUT2D eigenvalue weighted by molar-refractivity contribution is 0.669.